The van der Waals surface area contributed by atoms with Gasteiger partial charge in [0, 0.05) is 11.1 Å². The van der Waals surface area contributed by atoms with Crippen molar-refractivity contribution in [2.45, 2.75) is 0 Å². The van der Waals surface area contributed by atoms with Crippen LogP contribution >= 0.6 is 23.2 Å². The molecule has 0 heterocycles. The lowest BCUT2D eigenvalue weighted by atomic mass is 10.2. The summed E-state index contributed by atoms with van der Waals surface area (Å²) in [5.41, 5.74) is -0.104. The van der Waals surface area contributed by atoms with Crippen LogP contribution in [-0.2, 0) is 4.79 Å². The smallest absolute Gasteiger partial charge is 0.335 e. The van der Waals surface area contributed by atoms with Gasteiger partial charge in [0.05, 0.1) is 16.3 Å². The van der Waals surface area contributed by atoms with Crippen LogP contribution in [0.4, 0.5) is 5.69 Å². The lowest BCUT2D eigenvalue weighted by molar-refractivity contribution is -0.118. The van der Waals surface area contributed by atoms with Crippen molar-refractivity contribution in [3.8, 4) is 11.5 Å². The Morgan fingerprint density at radius 1 is 1.13 bits per heavy atom. The number of ether oxygens (including phenoxy) is 1. The average molecular weight is 356 g/mol. The molecular formula is C15H11Cl2NO5. The summed E-state index contributed by atoms with van der Waals surface area (Å²) >= 11 is 11.7. The predicted octanol–water partition coefficient (Wildman–Crippen LogP) is 3.41. The molecule has 2 rings (SSSR count). The van der Waals surface area contributed by atoms with E-state index in [-0.39, 0.29) is 27.8 Å². The van der Waals surface area contributed by atoms with E-state index in [0.29, 0.717) is 5.02 Å². The molecular weight excluding hydrogens is 345 g/mol. The second-order valence-electron chi connectivity index (χ2n) is 4.45. The molecule has 120 valence electrons. The molecule has 3 N–H and O–H groups in total. The third-order valence-corrected chi connectivity index (χ3v) is 3.32. The van der Waals surface area contributed by atoms with Crippen LogP contribution in [0.5, 0.6) is 11.5 Å². The number of carbonyl (C=O) groups excluding carboxylic acids is 1. The third kappa shape index (κ3) is 4.51. The minimum atomic E-state index is -1.18. The second kappa shape index (κ2) is 7.21. The Morgan fingerprint density at radius 3 is 2.57 bits per heavy atom. The zero-order valence-electron chi connectivity index (χ0n) is 11.5. The third-order valence-electron chi connectivity index (χ3n) is 2.77. The summed E-state index contributed by atoms with van der Waals surface area (Å²) in [6, 6.07) is 8.09. The number of nitrogens with one attached hydrogen (secondary N) is 1. The molecule has 2 aromatic rings. The Kier molecular flexibility index (Phi) is 5.31. The van der Waals surface area contributed by atoms with E-state index in [1.807, 2.05) is 0 Å². The molecule has 0 unspecified atom stereocenters. The summed E-state index contributed by atoms with van der Waals surface area (Å²) < 4.78 is 5.24. The number of carboxylic acids is 1. The SMILES string of the molecule is O=C(COc1cc(Cl)ccc1Cl)Nc1cc(C(=O)O)ccc1O. The summed E-state index contributed by atoms with van der Waals surface area (Å²) in [4.78, 5) is 22.7. The van der Waals surface area contributed by atoms with E-state index in [2.05, 4.69) is 5.32 Å². The standard InChI is InChI=1S/C15H11Cl2NO5/c16-9-2-3-10(17)13(6-9)23-7-14(20)18-11-5-8(15(21)22)1-4-12(11)19/h1-6,19H,7H2,(H,18,20)(H,21,22). The molecule has 6 nitrogen and oxygen atoms in total. The number of aromatic hydroxyl groups is 1. The fourth-order valence-electron chi connectivity index (χ4n) is 1.69. The summed E-state index contributed by atoms with van der Waals surface area (Å²) in [7, 11) is 0. The van der Waals surface area contributed by atoms with Crippen molar-refractivity contribution in [2.75, 3.05) is 11.9 Å². The van der Waals surface area contributed by atoms with Gasteiger partial charge in [-0.3, -0.25) is 4.79 Å². The summed E-state index contributed by atoms with van der Waals surface area (Å²) in [6.45, 7) is -0.392. The molecule has 0 saturated carbocycles. The highest BCUT2D eigenvalue weighted by atomic mass is 35.5. The fourth-order valence-corrected chi connectivity index (χ4v) is 2.02. The lowest BCUT2D eigenvalue weighted by Gasteiger charge is -2.10. The van der Waals surface area contributed by atoms with Crippen molar-refractivity contribution in [1.82, 2.24) is 0 Å². The van der Waals surface area contributed by atoms with Crippen LogP contribution in [0.1, 0.15) is 10.4 Å². The number of amides is 1. The highest BCUT2D eigenvalue weighted by Crippen LogP contribution is 2.28. The van der Waals surface area contributed by atoms with Gasteiger partial charge in [-0.25, -0.2) is 4.79 Å². The first-order valence-electron chi connectivity index (χ1n) is 6.31. The number of rotatable bonds is 5. The minimum absolute atomic E-state index is 0.0318. The van der Waals surface area contributed by atoms with Crippen LogP contribution in [0.15, 0.2) is 36.4 Å². The molecule has 0 aliphatic rings. The number of benzene rings is 2. The average Bonchev–Trinajstić information content (AvgIpc) is 2.50. The van der Waals surface area contributed by atoms with Gasteiger partial charge in [-0.05, 0) is 30.3 Å². The molecule has 0 radical (unpaired) electrons. The Bertz CT molecular complexity index is 764. The van der Waals surface area contributed by atoms with Gasteiger partial charge in [-0.2, -0.15) is 0 Å². The van der Waals surface area contributed by atoms with Gasteiger partial charge < -0.3 is 20.3 Å². The van der Waals surface area contributed by atoms with Crippen molar-refractivity contribution in [1.29, 1.82) is 0 Å². The van der Waals surface area contributed by atoms with Crippen LogP contribution in [0.2, 0.25) is 10.0 Å². The number of carbonyl (C=O) groups is 2. The van der Waals surface area contributed by atoms with E-state index in [0.717, 1.165) is 6.07 Å². The molecule has 0 atom stereocenters. The molecule has 0 bridgehead atoms. The van der Waals surface area contributed by atoms with E-state index >= 15 is 0 Å². The maximum atomic E-state index is 11.8. The second-order valence-corrected chi connectivity index (χ2v) is 5.29. The van der Waals surface area contributed by atoms with E-state index < -0.39 is 18.5 Å². The predicted molar refractivity (Wildman–Crippen MR) is 85.7 cm³/mol. The van der Waals surface area contributed by atoms with Gasteiger partial charge in [0.15, 0.2) is 6.61 Å². The van der Waals surface area contributed by atoms with E-state index in [1.54, 1.807) is 6.07 Å². The minimum Gasteiger partial charge on any atom is -0.506 e. The maximum absolute atomic E-state index is 11.8. The molecule has 2 aromatic carbocycles. The van der Waals surface area contributed by atoms with Crippen LogP contribution in [0.25, 0.3) is 0 Å². The quantitative estimate of drug-likeness (QED) is 0.714. The number of phenolic OH excluding ortho intramolecular Hbond substituents is 1. The first-order chi connectivity index (χ1) is 10.9. The molecule has 0 spiro atoms. The Balaban J connectivity index is 2.04. The summed E-state index contributed by atoms with van der Waals surface area (Å²) in [6.07, 6.45) is 0. The number of halogens is 2. The van der Waals surface area contributed by atoms with Gasteiger partial charge in [0.25, 0.3) is 5.91 Å². The Labute approximate surface area is 141 Å². The van der Waals surface area contributed by atoms with E-state index in [9.17, 15) is 14.7 Å². The molecule has 0 aliphatic heterocycles. The molecule has 1 amide bonds. The maximum Gasteiger partial charge on any atom is 0.335 e. The zero-order valence-corrected chi connectivity index (χ0v) is 13.1. The topological polar surface area (TPSA) is 95.9 Å². The molecule has 8 heteroatoms. The Morgan fingerprint density at radius 2 is 1.87 bits per heavy atom. The highest BCUT2D eigenvalue weighted by molar-refractivity contribution is 6.34. The number of anilines is 1. The van der Waals surface area contributed by atoms with Gasteiger partial charge in [0.2, 0.25) is 0 Å². The van der Waals surface area contributed by atoms with Crippen LogP contribution in [0, 0.1) is 0 Å². The van der Waals surface area contributed by atoms with Crippen molar-refractivity contribution >= 4 is 40.8 Å². The molecule has 0 saturated heterocycles. The summed E-state index contributed by atoms with van der Waals surface area (Å²) in [5.74, 6) is -1.80. The van der Waals surface area contributed by atoms with Crippen molar-refractivity contribution in [3.05, 3.63) is 52.0 Å². The molecule has 23 heavy (non-hydrogen) atoms. The monoisotopic (exact) mass is 355 g/mol. The number of aromatic carboxylic acids is 1. The normalized spacial score (nSPS) is 10.2. The van der Waals surface area contributed by atoms with Crippen LogP contribution < -0.4 is 10.1 Å². The van der Waals surface area contributed by atoms with Gasteiger partial charge in [-0.15, -0.1) is 0 Å². The van der Waals surface area contributed by atoms with Crippen molar-refractivity contribution < 1.29 is 24.5 Å². The van der Waals surface area contributed by atoms with Crippen molar-refractivity contribution in [2.24, 2.45) is 0 Å². The lowest BCUT2D eigenvalue weighted by Crippen LogP contribution is -2.20. The van der Waals surface area contributed by atoms with Gasteiger partial charge in [0.1, 0.15) is 11.5 Å². The Hall–Kier alpha value is -2.44. The van der Waals surface area contributed by atoms with E-state index in [1.165, 1.54) is 24.3 Å². The number of hydrogen-bond acceptors (Lipinski definition) is 4. The van der Waals surface area contributed by atoms with Crippen LogP contribution in [-0.4, -0.2) is 28.7 Å². The van der Waals surface area contributed by atoms with E-state index in [4.69, 9.17) is 33.0 Å². The number of hydrogen-bond donors (Lipinski definition) is 3. The van der Waals surface area contributed by atoms with Crippen LogP contribution in [0.3, 0.4) is 0 Å². The zero-order chi connectivity index (χ0) is 17.0. The molecule has 0 aromatic heterocycles. The largest absolute Gasteiger partial charge is 0.506 e. The summed E-state index contributed by atoms with van der Waals surface area (Å²) in [5, 5.41) is 21.6. The first kappa shape index (κ1) is 16.9. The first-order valence-corrected chi connectivity index (χ1v) is 7.06. The van der Waals surface area contributed by atoms with Crippen molar-refractivity contribution in [3.63, 3.8) is 0 Å². The van der Waals surface area contributed by atoms with Gasteiger partial charge in [-0.1, -0.05) is 23.2 Å². The van der Waals surface area contributed by atoms with Gasteiger partial charge >= 0.3 is 5.97 Å². The molecule has 0 fully saturated rings. The highest BCUT2D eigenvalue weighted by Gasteiger charge is 2.12. The molecule has 0 aliphatic carbocycles. The number of phenols is 1. The fraction of sp³-hybridized carbons (Fsp3) is 0.0667. The number of carboxylic acid groups (broad SMARTS) is 1.